The number of likely N-dealkylation sites (N-methyl/N-ethyl adjacent to an activating group) is 1. The Hall–Kier alpha value is -0.120. The normalized spacial score (nSPS) is 26.8. The summed E-state index contributed by atoms with van der Waals surface area (Å²) in [6.45, 7) is 10.3. The van der Waals surface area contributed by atoms with E-state index in [1.54, 1.807) is 0 Å². The summed E-state index contributed by atoms with van der Waals surface area (Å²) in [7, 11) is 2.22. The monoisotopic (exact) mass is 213 g/mol. The number of nitrogens with zero attached hydrogens (tertiary/aromatic N) is 2. The van der Waals surface area contributed by atoms with E-state index >= 15 is 0 Å². The molecule has 1 saturated heterocycles. The van der Waals surface area contributed by atoms with Crippen LogP contribution in [0.25, 0.3) is 0 Å². The average molecular weight is 213 g/mol. The summed E-state index contributed by atoms with van der Waals surface area (Å²) >= 11 is 0. The lowest BCUT2D eigenvalue weighted by atomic mass is 10.1. The van der Waals surface area contributed by atoms with Gasteiger partial charge < -0.3 is 15.5 Å². The molecule has 0 amide bonds. The number of nitrogens with two attached hydrogens (primary N) is 1. The second kappa shape index (κ2) is 6.46. The van der Waals surface area contributed by atoms with Crippen LogP contribution in [-0.4, -0.2) is 55.6 Å². The van der Waals surface area contributed by atoms with E-state index in [1.165, 1.54) is 39.0 Å². The minimum Gasteiger partial charge on any atom is -0.330 e. The lowest BCUT2D eigenvalue weighted by Crippen LogP contribution is -2.50. The lowest BCUT2D eigenvalue weighted by molar-refractivity contribution is 0.103. The molecule has 2 atom stereocenters. The van der Waals surface area contributed by atoms with Crippen LogP contribution in [0.2, 0.25) is 0 Å². The summed E-state index contributed by atoms with van der Waals surface area (Å²) in [5.41, 5.74) is 5.61. The predicted octanol–water partition coefficient (Wildman–Crippen LogP) is 0.997. The maximum atomic E-state index is 5.61. The molecule has 0 radical (unpaired) electrons. The quantitative estimate of drug-likeness (QED) is 0.739. The van der Waals surface area contributed by atoms with Crippen LogP contribution in [0.3, 0.4) is 0 Å². The Morgan fingerprint density at radius 3 is 2.73 bits per heavy atom. The molecule has 3 heteroatoms. The molecule has 90 valence electrons. The van der Waals surface area contributed by atoms with Crippen LogP contribution in [0.15, 0.2) is 0 Å². The van der Waals surface area contributed by atoms with E-state index in [-0.39, 0.29) is 0 Å². The first kappa shape index (κ1) is 12.9. The highest BCUT2D eigenvalue weighted by molar-refractivity contribution is 4.76. The number of hydrogen-bond acceptors (Lipinski definition) is 3. The zero-order valence-electron chi connectivity index (χ0n) is 10.6. The third-order valence-electron chi connectivity index (χ3n) is 3.62. The van der Waals surface area contributed by atoms with Crippen LogP contribution >= 0.6 is 0 Å². The summed E-state index contributed by atoms with van der Waals surface area (Å²) in [5.74, 6) is 0.690. The minimum absolute atomic E-state index is 0.690. The number of rotatable bonds is 5. The van der Waals surface area contributed by atoms with Gasteiger partial charge in [-0.3, -0.25) is 0 Å². The van der Waals surface area contributed by atoms with Crippen LogP contribution in [0.4, 0.5) is 0 Å². The molecule has 1 rings (SSSR count). The van der Waals surface area contributed by atoms with Crippen LogP contribution in [0.1, 0.15) is 26.7 Å². The van der Waals surface area contributed by atoms with E-state index in [0.717, 1.165) is 6.54 Å². The molecule has 0 aromatic heterocycles. The van der Waals surface area contributed by atoms with Gasteiger partial charge in [0.15, 0.2) is 0 Å². The summed E-state index contributed by atoms with van der Waals surface area (Å²) in [4.78, 5) is 5.03. The van der Waals surface area contributed by atoms with Gasteiger partial charge in [0.1, 0.15) is 0 Å². The highest BCUT2D eigenvalue weighted by Gasteiger charge is 2.19. The SMILES string of the molecule is CC(CN)CCCN1CCN(C)C(C)C1. The summed E-state index contributed by atoms with van der Waals surface area (Å²) in [5, 5.41) is 0. The van der Waals surface area contributed by atoms with Crippen LogP contribution in [-0.2, 0) is 0 Å². The molecule has 1 aliphatic heterocycles. The topological polar surface area (TPSA) is 32.5 Å². The van der Waals surface area contributed by atoms with E-state index in [0.29, 0.717) is 12.0 Å². The molecule has 3 nitrogen and oxygen atoms in total. The summed E-state index contributed by atoms with van der Waals surface area (Å²) < 4.78 is 0. The van der Waals surface area contributed by atoms with Gasteiger partial charge in [0.2, 0.25) is 0 Å². The highest BCUT2D eigenvalue weighted by atomic mass is 15.3. The van der Waals surface area contributed by atoms with Crippen LogP contribution < -0.4 is 5.73 Å². The van der Waals surface area contributed by atoms with Gasteiger partial charge in [-0.2, -0.15) is 0 Å². The number of hydrogen-bond donors (Lipinski definition) is 1. The van der Waals surface area contributed by atoms with Gasteiger partial charge >= 0.3 is 0 Å². The number of piperazine rings is 1. The van der Waals surface area contributed by atoms with E-state index in [2.05, 4.69) is 30.7 Å². The molecular formula is C12H27N3. The van der Waals surface area contributed by atoms with E-state index in [9.17, 15) is 0 Å². The largest absolute Gasteiger partial charge is 0.330 e. The Balaban J connectivity index is 2.12. The molecule has 1 fully saturated rings. The first-order valence-corrected chi connectivity index (χ1v) is 6.26. The van der Waals surface area contributed by atoms with Crippen LogP contribution in [0.5, 0.6) is 0 Å². The van der Waals surface area contributed by atoms with E-state index < -0.39 is 0 Å². The van der Waals surface area contributed by atoms with Crippen molar-refractivity contribution in [3.63, 3.8) is 0 Å². The second-order valence-corrected chi connectivity index (χ2v) is 5.11. The molecule has 0 aromatic carbocycles. The van der Waals surface area contributed by atoms with Crippen molar-refractivity contribution >= 4 is 0 Å². The minimum atomic E-state index is 0.690. The van der Waals surface area contributed by atoms with Gasteiger partial charge in [0, 0.05) is 25.7 Å². The Morgan fingerprint density at radius 1 is 1.40 bits per heavy atom. The lowest BCUT2D eigenvalue weighted by Gasteiger charge is -2.37. The summed E-state index contributed by atoms with van der Waals surface area (Å²) in [6.07, 6.45) is 2.58. The van der Waals surface area contributed by atoms with Crippen molar-refractivity contribution in [1.29, 1.82) is 0 Å². The smallest absolute Gasteiger partial charge is 0.0192 e. The third kappa shape index (κ3) is 4.49. The fourth-order valence-electron chi connectivity index (χ4n) is 2.11. The Morgan fingerprint density at radius 2 is 2.13 bits per heavy atom. The van der Waals surface area contributed by atoms with Gasteiger partial charge in [-0.25, -0.2) is 0 Å². The molecule has 0 bridgehead atoms. The first-order chi connectivity index (χ1) is 7.13. The van der Waals surface area contributed by atoms with Crippen molar-refractivity contribution in [2.24, 2.45) is 11.7 Å². The fourth-order valence-corrected chi connectivity index (χ4v) is 2.11. The summed E-state index contributed by atoms with van der Waals surface area (Å²) in [6, 6.07) is 0.714. The van der Waals surface area contributed by atoms with E-state index in [1.807, 2.05) is 0 Å². The van der Waals surface area contributed by atoms with Crippen molar-refractivity contribution < 1.29 is 0 Å². The standard InChI is InChI=1S/C12H27N3/c1-11(9-13)5-4-6-15-8-7-14(3)12(2)10-15/h11-12H,4-10,13H2,1-3H3. The Labute approximate surface area is 94.6 Å². The predicted molar refractivity (Wildman–Crippen MR) is 66.0 cm³/mol. The zero-order valence-corrected chi connectivity index (χ0v) is 10.6. The Bertz CT molecular complexity index is 172. The van der Waals surface area contributed by atoms with Crippen molar-refractivity contribution in [2.75, 3.05) is 39.8 Å². The highest BCUT2D eigenvalue weighted by Crippen LogP contribution is 2.09. The molecule has 0 aromatic rings. The molecule has 0 saturated carbocycles. The molecule has 2 N–H and O–H groups in total. The van der Waals surface area contributed by atoms with Gasteiger partial charge in [0.05, 0.1) is 0 Å². The van der Waals surface area contributed by atoms with Crippen molar-refractivity contribution in [3.05, 3.63) is 0 Å². The average Bonchev–Trinajstić information content (AvgIpc) is 2.23. The molecule has 1 heterocycles. The molecule has 15 heavy (non-hydrogen) atoms. The Kier molecular flexibility index (Phi) is 5.58. The maximum absolute atomic E-state index is 5.61. The van der Waals surface area contributed by atoms with Crippen LogP contribution in [0, 0.1) is 5.92 Å². The van der Waals surface area contributed by atoms with Crippen molar-refractivity contribution in [3.8, 4) is 0 Å². The van der Waals surface area contributed by atoms with Gasteiger partial charge in [-0.1, -0.05) is 6.92 Å². The third-order valence-corrected chi connectivity index (χ3v) is 3.62. The zero-order chi connectivity index (χ0) is 11.3. The molecule has 0 aliphatic carbocycles. The van der Waals surface area contributed by atoms with Crippen molar-refractivity contribution in [2.45, 2.75) is 32.7 Å². The van der Waals surface area contributed by atoms with Gasteiger partial charge in [-0.05, 0) is 45.8 Å². The second-order valence-electron chi connectivity index (χ2n) is 5.11. The van der Waals surface area contributed by atoms with Crippen molar-refractivity contribution in [1.82, 2.24) is 9.80 Å². The molecule has 1 aliphatic rings. The maximum Gasteiger partial charge on any atom is 0.0192 e. The fraction of sp³-hybridized carbons (Fsp3) is 1.00. The van der Waals surface area contributed by atoms with Gasteiger partial charge in [-0.15, -0.1) is 0 Å². The molecule has 2 unspecified atom stereocenters. The van der Waals surface area contributed by atoms with Gasteiger partial charge in [0.25, 0.3) is 0 Å². The first-order valence-electron chi connectivity index (χ1n) is 6.26. The molecule has 0 spiro atoms. The van der Waals surface area contributed by atoms with E-state index in [4.69, 9.17) is 5.73 Å². The molecular weight excluding hydrogens is 186 g/mol.